The van der Waals surface area contributed by atoms with E-state index in [1.54, 1.807) is 31.3 Å². The molecule has 3 saturated heterocycles. The van der Waals surface area contributed by atoms with Gasteiger partial charge in [-0.2, -0.15) is 13.2 Å². The van der Waals surface area contributed by atoms with Crippen molar-refractivity contribution < 1.29 is 22.3 Å². The Kier molecular flexibility index (Phi) is 5.34. The monoisotopic (exact) mass is 542 g/mol. The molecule has 6 heterocycles. The number of aromatic nitrogens is 5. The van der Waals surface area contributed by atoms with Crippen molar-refractivity contribution >= 4 is 5.52 Å². The van der Waals surface area contributed by atoms with E-state index in [9.17, 15) is 18.0 Å². The molecule has 1 aliphatic carbocycles. The zero-order valence-electron chi connectivity index (χ0n) is 21.1. The number of benzene rings is 1. The number of hydrogen-bond acceptors (Lipinski definition) is 5. The van der Waals surface area contributed by atoms with Crippen molar-refractivity contribution in [2.24, 2.45) is 13.0 Å². The predicted octanol–water partition coefficient (Wildman–Crippen LogP) is 3.81. The molecule has 2 bridgehead atoms. The molecule has 1 saturated carbocycles. The lowest BCUT2D eigenvalue weighted by Gasteiger charge is -2.43. The summed E-state index contributed by atoms with van der Waals surface area (Å²) in [6, 6.07) is 8.22. The minimum atomic E-state index is -4.64. The van der Waals surface area contributed by atoms with Crippen molar-refractivity contribution in [3.8, 4) is 5.69 Å². The van der Waals surface area contributed by atoms with Gasteiger partial charge in [0.05, 0.1) is 35.4 Å². The van der Waals surface area contributed by atoms with E-state index >= 15 is 4.39 Å². The van der Waals surface area contributed by atoms with E-state index in [1.807, 2.05) is 0 Å². The molecule has 0 amide bonds. The maximum atomic E-state index is 15.8. The molecule has 39 heavy (non-hydrogen) atoms. The second-order valence-electron chi connectivity index (χ2n) is 11.1. The maximum Gasteiger partial charge on any atom is 0.418 e. The molecule has 4 aromatic rings. The Morgan fingerprint density at radius 1 is 1.18 bits per heavy atom. The highest BCUT2D eigenvalue weighted by atomic mass is 19.4. The third-order valence-electron chi connectivity index (χ3n) is 8.61. The Morgan fingerprint density at radius 2 is 1.97 bits per heavy atom. The molecule has 4 aliphatic rings. The van der Waals surface area contributed by atoms with E-state index in [0.717, 1.165) is 29.9 Å². The summed E-state index contributed by atoms with van der Waals surface area (Å²) in [5.74, 6) is 0.771. The average Bonchev–Trinajstić information content (AvgIpc) is 3.61. The molecular weight excluding hydrogens is 516 g/mol. The number of rotatable bonds is 6. The van der Waals surface area contributed by atoms with Crippen LogP contribution in [0.1, 0.15) is 41.5 Å². The van der Waals surface area contributed by atoms with Crippen LogP contribution in [-0.4, -0.2) is 54.4 Å². The number of halogens is 4. The van der Waals surface area contributed by atoms with Crippen LogP contribution in [0.4, 0.5) is 17.6 Å². The fraction of sp³-hybridized carbons (Fsp3) is 0.444. The van der Waals surface area contributed by atoms with Gasteiger partial charge in [-0.3, -0.25) is 13.9 Å². The summed E-state index contributed by atoms with van der Waals surface area (Å²) in [4.78, 5) is 15.7. The third-order valence-corrected chi connectivity index (χ3v) is 8.61. The van der Waals surface area contributed by atoms with E-state index in [2.05, 4.69) is 15.1 Å². The lowest BCUT2D eigenvalue weighted by Crippen LogP contribution is -2.50. The van der Waals surface area contributed by atoms with Crippen LogP contribution in [0.2, 0.25) is 0 Å². The molecule has 0 radical (unpaired) electrons. The summed E-state index contributed by atoms with van der Waals surface area (Å²) >= 11 is 0. The van der Waals surface area contributed by atoms with Gasteiger partial charge in [-0.1, -0.05) is 12.1 Å². The first-order valence-electron chi connectivity index (χ1n) is 12.9. The summed E-state index contributed by atoms with van der Waals surface area (Å²) < 4.78 is 67.5. The molecule has 1 aromatic carbocycles. The van der Waals surface area contributed by atoms with Gasteiger partial charge >= 0.3 is 11.9 Å². The van der Waals surface area contributed by atoms with E-state index < -0.39 is 29.0 Å². The summed E-state index contributed by atoms with van der Waals surface area (Å²) in [6.07, 6.45) is 0.135. The van der Waals surface area contributed by atoms with Crippen LogP contribution in [0.15, 0.2) is 53.8 Å². The molecule has 0 N–H and O–H groups in total. The van der Waals surface area contributed by atoms with Gasteiger partial charge in [0.1, 0.15) is 6.33 Å². The number of aryl methyl sites for hydroxylation is 1. The fourth-order valence-corrected chi connectivity index (χ4v) is 6.32. The molecule has 3 aromatic heterocycles. The molecule has 1 unspecified atom stereocenters. The van der Waals surface area contributed by atoms with E-state index in [-0.39, 0.29) is 24.6 Å². The first kappa shape index (κ1) is 24.5. The lowest BCUT2D eigenvalue weighted by atomic mass is 9.74. The standard InChI is InChI=1S/C27H26F4N6O2/c1-34-15-32-33-24(34)23(28)26(13-39-14-26)18-3-2-4-19(8-18)36-12-22-21(27(29,30)31)7-17(11-37(22)25(36)38)10-35-9-16-5-20(35)6-16/h2-4,7-8,11-12,15-16,20,23H,5-6,9-10,13-14H2,1H3. The molecular formula is C27H26F4N6O2. The van der Waals surface area contributed by atoms with Gasteiger partial charge in [0, 0.05) is 38.6 Å². The van der Waals surface area contributed by atoms with Crippen LogP contribution in [0, 0.1) is 5.92 Å². The van der Waals surface area contributed by atoms with Crippen LogP contribution in [-0.2, 0) is 29.9 Å². The topological polar surface area (TPSA) is 69.6 Å². The van der Waals surface area contributed by atoms with Crippen LogP contribution in [0.5, 0.6) is 0 Å². The Bertz CT molecular complexity index is 1630. The number of nitrogens with zero attached hydrogens (tertiary/aromatic N) is 6. The largest absolute Gasteiger partial charge is 0.418 e. The van der Waals surface area contributed by atoms with E-state index in [4.69, 9.17) is 4.74 Å². The summed E-state index contributed by atoms with van der Waals surface area (Å²) in [7, 11) is 1.65. The highest BCUT2D eigenvalue weighted by Crippen LogP contribution is 2.46. The van der Waals surface area contributed by atoms with Crippen molar-refractivity contribution in [3.05, 3.63) is 82.1 Å². The molecule has 3 aliphatic heterocycles. The number of fused-ring (bicyclic) bond motifs is 2. The van der Waals surface area contributed by atoms with Gasteiger partial charge in [-0.25, -0.2) is 9.18 Å². The predicted molar refractivity (Wildman–Crippen MR) is 132 cm³/mol. The quantitative estimate of drug-likeness (QED) is 0.347. The second kappa shape index (κ2) is 8.49. The first-order valence-corrected chi connectivity index (χ1v) is 12.9. The Hall–Kier alpha value is -3.51. The van der Waals surface area contributed by atoms with Gasteiger partial charge in [0.25, 0.3) is 0 Å². The second-order valence-corrected chi connectivity index (χ2v) is 11.1. The summed E-state index contributed by atoms with van der Waals surface area (Å²) in [5, 5.41) is 7.68. The highest BCUT2D eigenvalue weighted by Gasteiger charge is 2.50. The minimum Gasteiger partial charge on any atom is -0.379 e. The normalized spacial score (nSPS) is 23.1. The summed E-state index contributed by atoms with van der Waals surface area (Å²) in [6.45, 7) is 1.44. The number of ether oxygens (including phenoxy) is 1. The Morgan fingerprint density at radius 3 is 2.59 bits per heavy atom. The number of imidazole rings is 1. The van der Waals surface area contributed by atoms with Crippen molar-refractivity contribution in [1.29, 1.82) is 0 Å². The molecule has 0 spiro atoms. The van der Waals surface area contributed by atoms with Crippen LogP contribution < -0.4 is 5.69 Å². The van der Waals surface area contributed by atoms with Crippen LogP contribution in [0.25, 0.3) is 11.2 Å². The molecule has 4 fully saturated rings. The van der Waals surface area contributed by atoms with Crippen molar-refractivity contribution in [2.45, 2.75) is 43.2 Å². The van der Waals surface area contributed by atoms with Gasteiger partial charge in [0.15, 0.2) is 12.0 Å². The van der Waals surface area contributed by atoms with E-state index in [0.29, 0.717) is 35.3 Å². The molecule has 204 valence electrons. The SMILES string of the molecule is Cn1cnnc1C(F)C1(c2cccc(-n3cc4c(C(F)(F)F)cc(CN5CC6CC5C6)cn4c3=O)c2)COC1. The maximum absolute atomic E-state index is 15.8. The van der Waals surface area contributed by atoms with Crippen molar-refractivity contribution in [1.82, 2.24) is 28.6 Å². The lowest BCUT2D eigenvalue weighted by molar-refractivity contribution is -0.136. The van der Waals surface area contributed by atoms with Crippen molar-refractivity contribution in [3.63, 3.8) is 0 Å². The fourth-order valence-electron chi connectivity index (χ4n) is 6.32. The molecule has 12 heteroatoms. The van der Waals surface area contributed by atoms with Gasteiger partial charge in [0.2, 0.25) is 0 Å². The zero-order chi connectivity index (χ0) is 27.1. The third kappa shape index (κ3) is 3.75. The number of alkyl halides is 4. The van der Waals surface area contributed by atoms with E-state index in [1.165, 1.54) is 27.9 Å². The van der Waals surface area contributed by atoms with Gasteiger partial charge < -0.3 is 9.30 Å². The number of hydrogen-bond donors (Lipinski definition) is 0. The average molecular weight is 543 g/mol. The number of pyridine rings is 1. The zero-order valence-corrected chi connectivity index (χ0v) is 21.1. The Balaban J connectivity index is 1.30. The van der Waals surface area contributed by atoms with Gasteiger partial charge in [-0.15, -0.1) is 10.2 Å². The molecule has 8 nitrogen and oxygen atoms in total. The summed E-state index contributed by atoms with van der Waals surface area (Å²) in [5.41, 5.74) is -1.40. The van der Waals surface area contributed by atoms with Crippen molar-refractivity contribution in [2.75, 3.05) is 19.8 Å². The molecule has 8 rings (SSSR count). The smallest absolute Gasteiger partial charge is 0.379 e. The van der Waals surface area contributed by atoms with Crippen LogP contribution in [0.3, 0.4) is 0 Å². The minimum absolute atomic E-state index is 0.0943. The molecule has 1 atom stereocenters. The first-order chi connectivity index (χ1) is 18.6. The Labute approximate surface area is 220 Å². The van der Waals surface area contributed by atoms with Gasteiger partial charge in [-0.05, 0) is 48.1 Å². The van der Waals surface area contributed by atoms with Crippen LogP contribution >= 0.6 is 0 Å². The highest BCUT2D eigenvalue weighted by molar-refractivity contribution is 5.58.